The van der Waals surface area contributed by atoms with Crippen molar-refractivity contribution in [3.63, 3.8) is 0 Å². The Bertz CT molecular complexity index is 994. The van der Waals surface area contributed by atoms with Crippen molar-refractivity contribution in [3.05, 3.63) is 54.2 Å². The van der Waals surface area contributed by atoms with Gasteiger partial charge in [0.05, 0.1) is 24.2 Å². The first-order chi connectivity index (χ1) is 14.1. The predicted octanol–water partition coefficient (Wildman–Crippen LogP) is 4.92. The average molecular weight is 393 g/mol. The Balaban J connectivity index is 1.35. The number of ether oxygens (including phenoxy) is 1. The van der Waals surface area contributed by atoms with E-state index in [9.17, 15) is 9.59 Å². The van der Waals surface area contributed by atoms with Crippen molar-refractivity contribution >= 4 is 34.0 Å². The second-order valence-electron chi connectivity index (χ2n) is 7.11. The summed E-state index contributed by atoms with van der Waals surface area (Å²) in [7, 11) is 1.62. The minimum Gasteiger partial charge on any atom is -0.497 e. The number of carbonyl (C=O) groups excluding carboxylic acids is 2. The first-order valence-corrected chi connectivity index (χ1v) is 9.91. The molecule has 152 valence electrons. The zero-order valence-corrected chi connectivity index (χ0v) is 16.7. The average Bonchev–Trinajstić information content (AvgIpc) is 3.15. The van der Waals surface area contributed by atoms with Crippen LogP contribution >= 0.6 is 0 Å². The van der Waals surface area contributed by atoms with E-state index in [-0.39, 0.29) is 11.7 Å². The van der Waals surface area contributed by atoms with Crippen LogP contribution in [0.25, 0.3) is 10.9 Å². The van der Waals surface area contributed by atoms with E-state index in [2.05, 4.69) is 10.3 Å². The number of nitrogen functional groups attached to an aromatic ring is 1. The molecular weight excluding hydrogens is 366 g/mol. The predicted molar refractivity (Wildman–Crippen MR) is 116 cm³/mol. The molecule has 0 aliphatic rings. The number of methoxy groups -OCH3 is 1. The van der Waals surface area contributed by atoms with Crippen LogP contribution in [0.3, 0.4) is 0 Å². The van der Waals surface area contributed by atoms with Gasteiger partial charge in [-0.05, 0) is 43.2 Å². The van der Waals surface area contributed by atoms with Crippen LogP contribution in [0.15, 0.2) is 48.5 Å². The molecule has 29 heavy (non-hydrogen) atoms. The molecule has 0 unspecified atom stereocenters. The lowest BCUT2D eigenvalue weighted by Crippen LogP contribution is -2.12. The number of aromatic amines is 1. The smallest absolute Gasteiger partial charge is 0.224 e. The molecule has 6 heteroatoms. The number of fused-ring (bicyclic) bond motifs is 1. The lowest BCUT2D eigenvalue weighted by molar-refractivity contribution is -0.116. The summed E-state index contributed by atoms with van der Waals surface area (Å²) in [6.07, 6.45) is 4.38. The van der Waals surface area contributed by atoms with Gasteiger partial charge in [0, 0.05) is 29.8 Å². The van der Waals surface area contributed by atoms with E-state index < -0.39 is 0 Å². The zero-order chi connectivity index (χ0) is 20.6. The molecule has 6 nitrogen and oxygen atoms in total. The highest BCUT2D eigenvalue weighted by Crippen LogP contribution is 2.22. The van der Waals surface area contributed by atoms with Crippen molar-refractivity contribution in [2.24, 2.45) is 0 Å². The highest BCUT2D eigenvalue weighted by Gasteiger charge is 2.10. The molecule has 0 spiro atoms. The molecule has 2 aromatic carbocycles. The van der Waals surface area contributed by atoms with Crippen molar-refractivity contribution in [1.82, 2.24) is 4.98 Å². The molecule has 0 bridgehead atoms. The third kappa shape index (κ3) is 5.60. The number of Topliss-reactive ketones (excluding diaryl/α,β-unsaturated/α-hetero) is 1. The molecule has 0 aliphatic carbocycles. The largest absolute Gasteiger partial charge is 0.497 e. The van der Waals surface area contributed by atoms with Gasteiger partial charge in [-0.2, -0.15) is 0 Å². The summed E-state index contributed by atoms with van der Waals surface area (Å²) in [4.78, 5) is 27.6. The number of H-pyrrole nitrogens is 1. The molecule has 3 rings (SSSR count). The van der Waals surface area contributed by atoms with E-state index in [1.54, 1.807) is 19.2 Å². The number of para-hydroxylation sites is 2. The van der Waals surface area contributed by atoms with Gasteiger partial charge in [-0.3, -0.25) is 9.59 Å². The normalized spacial score (nSPS) is 10.8. The summed E-state index contributed by atoms with van der Waals surface area (Å²) in [6.45, 7) is 0. The topological polar surface area (TPSA) is 97.2 Å². The second kappa shape index (κ2) is 9.78. The van der Waals surface area contributed by atoms with Gasteiger partial charge in [0.2, 0.25) is 5.91 Å². The Morgan fingerprint density at radius 3 is 2.52 bits per heavy atom. The molecule has 0 atom stereocenters. The summed E-state index contributed by atoms with van der Waals surface area (Å²) in [5.41, 5.74) is 8.57. The van der Waals surface area contributed by atoms with Crippen molar-refractivity contribution in [2.75, 3.05) is 18.2 Å². The minimum absolute atomic E-state index is 0.0347. The fourth-order valence-electron chi connectivity index (χ4n) is 3.27. The molecule has 0 aliphatic heterocycles. The number of hydrogen-bond donors (Lipinski definition) is 3. The minimum atomic E-state index is -0.0347. The summed E-state index contributed by atoms with van der Waals surface area (Å²) >= 11 is 0. The SMILES string of the molecule is COc1ccc2cc(C(=O)CCCCCCC(=O)Nc3ccccc3N)[nH]c2c1. The van der Waals surface area contributed by atoms with Crippen LogP contribution in [0.1, 0.15) is 49.0 Å². The number of rotatable bonds is 10. The molecule has 1 amide bonds. The molecule has 0 radical (unpaired) electrons. The Kier molecular flexibility index (Phi) is 6.89. The molecule has 0 fully saturated rings. The number of ketones is 1. The highest BCUT2D eigenvalue weighted by molar-refractivity contribution is 5.99. The molecular formula is C23H27N3O3. The van der Waals surface area contributed by atoms with E-state index in [1.807, 2.05) is 36.4 Å². The Hall–Kier alpha value is -3.28. The fourth-order valence-corrected chi connectivity index (χ4v) is 3.27. The van der Waals surface area contributed by atoms with Crippen LogP contribution in [-0.2, 0) is 4.79 Å². The number of unbranched alkanes of at least 4 members (excludes halogenated alkanes) is 3. The van der Waals surface area contributed by atoms with Gasteiger partial charge in [0.25, 0.3) is 0 Å². The molecule has 4 N–H and O–H groups in total. The molecule has 0 saturated heterocycles. The van der Waals surface area contributed by atoms with Crippen LogP contribution in [-0.4, -0.2) is 23.8 Å². The van der Waals surface area contributed by atoms with Gasteiger partial charge in [-0.15, -0.1) is 0 Å². The molecule has 1 heterocycles. The summed E-state index contributed by atoms with van der Waals surface area (Å²) in [5.74, 6) is 0.835. The third-order valence-electron chi connectivity index (χ3n) is 4.92. The van der Waals surface area contributed by atoms with E-state index in [4.69, 9.17) is 10.5 Å². The van der Waals surface area contributed by atoms with Gasteiger partial charge in [-0.25, -0.2) is 0 Å². The number of carbonyl (C=O) groups is 2. The molecule has 1 aromatic heterocycles. The van der Waals surface area contributed by atoms with Gasteiger partial charge in [0.1, 0.15) is 5.75 Å². The number of amides is 1. The summed E-state index contributed by atoms with van der Waals surface area (Å²) < 4.78 is 5.21. The quantitative estimate of drug-likeness (QED) is 0.259. The maximum absolute atomic E-state index is 12.4. The Morgan fingerprint density at radius 1 is 1.00 bits per heavy atom. The first kappa shape index (κ1) is 20.5. The van der Waals surface area contributed by atoms with Crippen LogP contribution in [0, 0.1) is 0 Å². The third-order valence-corrected chi connectivity index (χ3v) is 4.92. The molecule has 3 aromatic rings. The highest BCUT2D eigenvalue weighted by atomic mass is 16.5. The van der Waals surface area contributed by atoms with Gasteiger partial charge in [-0.1, -0.05) is 25.0 Å². The lowest BCUT2D eigenvalue weighted by atomic mass is 10.1. The van der Waals surface area contributed by atoms with Gasteiger partial charge in [0.15, 0.2) is 5.78 Å². The number of hydrogen-bond acceptors (Lipinski definition) is 4. The Labute approximate surface area is 170 Å². The number of anilines is 2. The first-order valence-electron chi connectivity index (χ1n) is 9.91. The molecule has 0 saturated carbocycles. The van der Waals surface area contributed by atoms with Crippen molar-refractivity contribution in [1.29, 1.82) is 0 Å². The maximum atomic E-state index is 12.4. The van der Waals surface area contributed by atoms with Gasteiger partial charge < -0.3 is 20.8 Å². The summed E-state index contributed by atoms with van der Waals surface area (Å²) in [5, 5.41) is 3.83. The zero-order valence-electron chi connectivity index (χ0n) is 16.7. The lowest BCUT2D eigenvalue weighted by Gasteiger charge is -2.07. The van der Waals surface area contributed by atoms with E-state index in [0.29, 0.717) is 29.9 Å². The van der Waals surface area contributed by atoms with Crippen molar-refractivity contribution in [2.45, 2.75) is 38.5 Å². The fraction of sp³-hybridized carbons (Fsp3) is 0.304. The van der Waals surface area contributed by atoms with Crippen LogP contribution < -0.4 is 15.8 Å². The van der Waals surface area contributed by atoms with Crippen molar-refractivity contribution in [3.8, 4) is 5.75 Å². The standard InChI is InChI=1S/C23H27N3O3/c1-29-17-13-12-16-14-21(25-20(16)15-17)22(27)10-4-2-3-5-11-23(28)26-19-9-7-6-8-18(19)24/h6-9,12-15,25H,2-5,10-11,24H2,1H3,(H,26,28). The van der Waals surface area contributed by atoms with Crippen LogP contribution in [0.2, 0.25) is 0 Å². The van der Waals surface area contributed by atoms with E-state index in [0.717, 1.165) is 42.3 Å². The summed E-state index contributed by atoms with van der Waals surface area (Å²) in [6, 6.07) is 14.8. The van der Waals surface area contributed by atoms with E-state index in [1.165, 1.54) is 0 Å². The second-order valence-corrected chi connectivity index (χ2v) is 7.11. The maximum Gasteiger partial charge on any atom is 0.224 e. The number of nitrogens with two attached hydrogens (primary N) is 1. The van der Waals surface area contributed by atoms with E-state index >= 15 is 0 Å². The Morgan fingerprint density at radius 2 is 1.76 bits per heavy atom. The van der Waals surface area contributed by atoms with Crippen LogP contribution in [0.4, 0.5) is 11.4 Å². The van der Waals surface area contributed by atoms with Gasteiger partial charge >= 0.3 is 0 Å². The van der Waals surface area contributed by atoms with Crippen molar-refractivity contribution < 1.29 is 14.3 Å². The van der Waals surface area contributed by atoms with Crippen LogP contribution in [0.5, 0.6) is 5.75 Å². The number of aromatic nitrogens is 1. The number of nitrogens with one attached hydrogen (secondary N) is 2. The number of benzene rings is 2. The monoisotopic (exact) mass is 393 g/mol.